The molecule has 1 unspecified atom stereocenters. The number of aliphatic hydroxyl groups excluding tert-OH is 1. The number of aromatic nitrogens is 2. The number of nitrogens with zero attached hydrogens (tertiary/aromatic N) is 2. The molecular formula is C28H33N5O2S. The average molecular weight is 504 g/mol. The third kappa shape index (κ3) is 6.38. The zero-order valence-corrected chi connectivity index (χ0v) is 21.9. The molecule has 0 spiro atoms. The SMILES string of the molecule is Cc1ccc(NC(=O)NC2=CC=CC(c3sc(C(C)(C)C)nc3-c3ccnc(NCCO)c3)C2)cc1. The van der Waals surface area contributed by atoms with Gasteiger partial charge < -0.3 is 21.1 Å². The Morgan fingerprint density at radius 3 is 2.67 bits per heavy atom. The summed E-state index contributed by atoms with van der Waals surface area (Å²) < 4.78 is 0. The van der Waals surface area contributed by atoms with Gasteiger partial charge in [0.1, 0.15) is 5.82 Å². The second-order valence-corrected chi connectivity index (χ2v) is 10.9. The first-order valence-electron chi connectivity index (χ1n) is 12.1. The van der Waals surface area contributed by atoms with Crippen molar-refractivity contribution in [2.24, 2.45) is 0 Å². The molecule has 1 aromatic carbocycles. The van der Waals surface area contributed by atoms with Crippen LogP contribution in [-0.2, 0) is 5.41 Å². The van der Waals surface area contributed by atoms with Crippen LogP contribution in [0.4, 0.5) is 16.3 Å². The largest absolute Gasteiger partial charge is 0.395 e. The molecule has 8 heteroatoms. The molecule has 2 amide bonds. The molecule has 1 atom stereocenters. The van der Waals surface area contributed by atoms with Crippen LogP contribution in [0.2, 0.25) is 0 Å². The van der Waals surface area contributed by atoms with Gasteiger partial charge in [-0.15, -0.1) is 11.3 Å². The van der Waals surface area contributed by atoms with Gasteiger partial charge in [0, 0.05) is 45.9 Å². The molecule has 7 nitrogen and oxygen atoms in total. The predicted molar refractivity (Wildman–Crippen MR) is 148 cm³/mol. The molecule has 4 rings (SSSR count). The molecule has 4 N–H and O–H groups in total. The molecule has 2 aromatic heterocycles. The van der Waals surface area contributed by atoms with E-state index in [1.165, 1.54) is 0 Å². The van der Waals surface area contributed by atoms with Crippen molar-refractivity contribution in [3.05, 3.63) is 82.0 Å². The van der Waals surface area contributed by atoms with Gasteiger partial charge in [-0.05, 0) is 43.7 Å². The van der Waals surface area contributed by atoms with Crippen LogP contribution in [0.25, 0.3) is 11.3 Å². The molecule has 3 aromatic rings. The minimum atomic E-state index is -0.257. The number of allylic oxidation sites excluding steroid dienone is 4. The molecule has 1 aliphatic carbocycles. The molecule has 0 bridgehead atoms. The van der Waals surface area contributed by atoms with E-state index in [1.54, 1.807) is 17.5 Å². The Balaban J connectivity index is 1.56. The molecule has 2 heterocycles. The number of carbonyl (C=O) groups is 1. The average Bonchev–Trinajstić information content (AvgIpc) is 3.31. The van der Waals surface area contributed by atoms with E-state index in [2.05, 4.69) is 47.8 Å². The van der Waals surface area contributed by atoms with Crippen molar-refractivity contribution in [3.8, 4) is 11.3 Å². The number of amides is 2. The fourth-order valence-corrected chi connectivity index (χ4v) is 5.09. The topological polar surface area (TPSA) is 99.2 Å². The maximum Gasteiger partial charge on any atom is 0.323 e. The Labute approximate surface area is 216 Å². The Bertz CT molecular complexity index is 1270. The summed E-state index contributed by atoms with van der Waals surface area (Å²) in [7, 11) is 0. The minimum Gasteiger partial charge on any atom is -0.395 e. The van der Waals surface area contributed by atoms with Gasteiger partial charge in [0.2, 0.25) is 0 Å². The van der Waals surface area contributed by atoms with E-state index in [-0.39, 0.29) is 24.0 Å². The lowest BCUT2D eigenvalue weighted by Crippen LogP contribution is -2.29. The fourth-order valence-electron chi connectivity index (χ4n) is 3.87. The number of hydrogen-bond donors (Lipinski definition) is 4. The highest BCUT2D eigenvalue weighted by Crippen LogP contribution is 2.42. The van der Waals surface area contributed by atoms with Gasteiger partial charge >= 0.3 is 6.03 Å². The van der Waals surface area contributed by atoms with Gasteiger partial charge in [0.05, 0.1) is 17.3 Å². The second kappa shape index (κ2) is 11.1. The third-order valence-electron chi connectivity index (χ3n) is 5.75. The van der Waals surface area contributed by atoms with E-state index in [4.69, 9.17) is 10.1 Å². The number of urea groups is 1. The smallest absolute Gasteiger partial charge is 0.323 e. The summed E-state index contributed by atoms with van der Waals surface area (Å²) in [5.74, 6) is 0.780. The Hall–Kier alpha value is -3.49. The van der Waals surface area contributed by atoms with E-state index in [0.29, 0.717) is 18.8 Å². The van der Waals surface area contributed by atoms with Gasteiger partial charge in [-0.25, -0.2) is 14.8 Å². The highest BCUT2D eigenvalue weighted by atomic mass is 32.1. The standard InChI is InChI=1S/C28H33N5O2S/c1-18-8-10-21(11-9-18)31-27(35)32-22-7-5-6-20(16-22)25-24(33-26(36-25)28(2,3)4)19-12-13-29-23(17-19)30-14-15-34/h5-13,17,20,34H,14-16H2,1-4H3,(H,29,30)(H2,31,32,35). The monoisotopic (exact) mass is 503 g/mol. The molecule has 0 radical (unpaired) electrons. The Kier molecular flexibility index (Phi) is 7.86. The van der Waals surface area contributed by atoms with Crippen molar-refractivity contribution in [1.82, 2.24) is 15.3 Å². The minimum absolute atomic E-state index is 0.0362. The van der Waals surface area contributed by atoms with Gasteiger partial charge in [-0.1, -0.05) is 50.6 Å². The van der Waals surface area contributed by atoms with E-state index < -0.39 is 0 Å². The van der Waals surface area contributed by atoms with Crippen molar-refractivity contribution >= 4 is 28.9 Å². The van der Waals surface area contributed by atoms with E-state index >= 15 is 0 Å². The molecule has 0 saturated carbocycles. The number of anilines is 2. The number of aliphatic hydroxyl groups is 1. The summed E-state index contributed by atoms with van der Waals surface area (Å²) in [6.07, 6.45) is 8.53. The molecule has 0 aliphatic heterocycles. The number of carbonyl (C=O) groups excluding carboxylic acids is 1. The zero-order chi connectivity index (χ0) is 25.7. The van der Waals surface area contributed by atoms with Gasteiger partial charge in [0.25, 0.3) is 0 Å². The fraction of sp³-hybridized carbons (Fsp3) is 0.321. The Morgan fingerprint density at radius 2 is 1.94 bits per heavy atom. The lowest BCUT2D eigenvalue weighted by atomic mass is 9.94. The highest BCUT2D eigenvalue weighted by molar-refractivity contribution is 7.12. The van der Waals surface area contributed by atoms with E-state index in [0.717, 1.165) is 38.1 Å². The number of thiazole rings is 1. The lowest BCUT2D eigenvalue weighted by molar-refractivity contribution is 0.254. The Morgan fingerprint density at radius 1 is 1.17 bits per heavy atom. The van der Waals surface area contributed by atoms with Gasteiger partial charge in [0.15, 0.2) is 0 Å². The van der Waals surface area contributed by atoms with Crippen molar-refractivity contribution < 1.29 is 9.90 Å². The van der Waals surface area contributed by atoms with Crippen LogP contribution in [0.15, 0.2) is 66.5 Å². The number of benzene rings is 1. The molecule has 36 heavy (non-hydrogen) atoms. The predicted octanol–water partition coefficient (Wildman–Crippen LogP) is 5.96. The zero-order valence-electron chi connectivity index (χ0n) is 21.1. The summed E-state index contributed by atoms with van der Waals surface area (Å²) in [4.78, 5) is 23.2. The van der Waals surface area contributed by atoms with Crippen LogP contribution in [0.3, 0.4) is 0 Å². The van der Waals surface area contributed by atoms with Crippen molar-refractivity contribution in [2.45, 2.75) is 45.4 Å². The number of aryl methyl sites for hydroxylation is 1. The van der Waals surface area contributed by atoms with Crippen LogP contribution >= 0.6 is 11.3 Å². The summed E-state index contributed by atoms with van der Waals surface area (Å²) >= 11 is 1.72. The summed E-state index contributed by atoms with van der Waals surface area (Å²) in [5.41, 5.74) is 4.56. The normalized spacial score (nSPS) is 15.4. The van der Waals surface area contributed by atoms with Crippen LogP contribution in [-0.4, -0.2) is 34.3 Å². The molecule has 0 fully saturated rings. The third-order valence-corrected chi connectivity index (χ3v) is 7.36. The number of pyridine rings is 1. The van der Waals surface area contributed by atoms with Crippen LogP contribution < -0.4 is 16.0 Å². The number of hydrogen-bond acceptors (Lipinski definition) is 6. The van der Waals surface area contributed by atoms with Gasteiger partial charge in [-0.3, -0.25) is 0 Å². The van der Waals surface area contributed by atoms with Gasteiger partial charge in [-0.2, -0.15) is 0 Å². The lowest BCUT2D eigenvalue weighted by Gasteiger charge is -2.20. The van der Waals surface area contributed by atoms with Crippen LogP contribution in [0.5, 0.6) is 0 Å². The number of nitrogens with one attached hydrogen (secondary N) is 3. The molecule has 0 saturated heterocycles. The van der Waals surface area contributed by atoms with Crippen molar-refractivity contribution in [2.75, 3.05) is 23.8 Å². The first-order chi connectivity index (χ1) is 17.2. The molecular weight excluding hydrogens is 470 g/mol. The van der Waals surface area contributed by atoms with Crippen LogP contribution in [0.1, 0.15) is 48.6 Å². The summed E-state index contributed by atoms with van der Waals surface area (Å²) in [6.45, 7) is 8.98. The van der Waals surface area contributed by atoms with E-state index in [9.17, 15) is 4.79 Å². The maximum atomic E-state index is 12.6. The highest BCUT2D eigenvalue weighted by Gasteiger charge is 2.27. The maximum absolute atomic E-state index is 12.6. The number of rotatable bonds is 7. The van der Waals surface area contributed by atoms with Crippen molar-refractivity contribution in [3.63, 3.8) is 0 Å². The first kappa shape index (κ1) is 25.6. The van der Waals surface area contributed by atoms with E-state index in [1.807, 2.05) is 55.5 Å². The van der Waals surface area contributed by atoms with Crippen molar-refractivity contribution in [1.29, 1.82) is 0 Å². The van der Waals surface area contributed by atoms with Crippen LogP contribution in [0, 0.1) is 6.92 Å². The molecule has 1 aliphatic rings. The quantitative estimate of drug-likeness (QED) is 0.319. The second-order valence-electron chi connectivity index (χ2n) is 9.89. The molecule has 188 valence electrons. The summed E-state index contributed by atoms with van der Waals surface area (Å²) in [5, 5.41) is 19.3. The first-order valence-corrected chi connectivity index (χ1v) is 12.9. The summed E-state index contributed by atoms with van der Waals surface area (Å²) in [6, 6.07) is 11.4.